The van der Waals surface area contributed by atoms with Crippen LogP contribution in [0.2, 0.25) is 0 Å². The fourth-order valence-electron chi connectivity index (χ4n) is 2.07. The Balaban J connectivity index is 1.62. The average molecular weight is 566 g/mol. The van der Waals surface area contributed by atoms with Crippen molar-refractivity contribution in [3.05, 3.63) is 38.4 Å². The summed E-state index contributed by atoms with van der Waals surface area (Å²) >= 11 is 17.8. The molecule has 0 nitrogen and oxygen atoms in total. The van der Waals surface area contributed by atoms with Crippen LogP contribution < -0.4 is 0 Å². The first-order chi connectivity index (χ1) is 9.56. The molecule has 0 amide bonds. The third-order valence-corrected chi connectivity index (χ3v) is 8.02. The van der Waals surface area contributed by atoms with Crippen molar-refractivity contribution < 1.29 is 0 Å². The fraction of sp³-hybridized carbons (Fsp3) is 0.429. The summed E-state index contributed by atoms with van der Waals surface area (Å²) in [6.07, 6.45) is 7.52. The number of hydrogen-bond donors (Lipinski definition) is 0. The van der Waals surface area contributed by atoms with Gasteiger partial charge in [-0.05, 0) is 113 Å². The fourth-order valence-corrected chi connectivity index (χ4v) is 7.90. The lowest BCUT2D eigenvalue weighted by Crippen LogP contribution is -1.87. The second-order valence-electron chi connectivity index (χ2n) is 4.61. The van der Waals surface area contributed by atoms with E-state index in [1.807, 2.05) is 0 Å². The number of aryl methyl sites for hydroxylation is 2. The zero-order valence-corrected chi connectivity index (χ0v) is 18.7. The molecule has 0 aliphatic carbocycles. The smallest absolute Gasteiger partial charge is 0.0742 e. The highest BCUT2D eigenvalue weighted by atomic mass is 79.9. The van der Waals surface area contributed by atoms with Gasteiger partial charge in [0.05, 0.1) is 15.1 Å². The largest absolute Gasteiger partial charge is 0.121 e. The summed E-state index contributed by atoms with van der Waals surface area (Å²) < 4.78 is 4.98. The Morgan fingerprint density at radius 1 is 0.650 bits per heavy atom. The first kappa shape index (κ1) is 17.7. The molecule has 0 radical (unpaired) electrons. The lowest BCUT2D eigenvalue weighted by Gasteiger charge is -2.01. The van der Waals surface area contributed by atoms with Gasteiger partial charge in [0.2, 0.25) is 0 Å². The van der Waals surface area contributed by atoms with Crippen molar-refractivity contribution in [1.29, 1.82) is 0 Å². The van der Waals surface area contributed by atoms with Crippen LogP contribution in [-0.2, 0) is 12.8 Å². The first-order valence-corrected chi connectivity index (χ1v) is 11.2. The van der Waals surface area contributed by atoms with Crippen LogP contribution in [0, 0.1) is 0 Å². The normalized spacial score (nSPS) is 11.2. The SMILES string of the molecule is Brc1cc(CCCCCCc2cc(Br)sc2Br)c(Br)s1. The highest BCUT2D eigenvalue weighted by Gasteiger charge is 2.06. The van der Waals surface area contributed by atoms with Crippen molar-refractivity contribution in [2.75, 3.05) is 0 Å². The summed E-state index contributed by atoms with van der Waals surface area (Å²) in [5, 5.41) is 0. The number of unbranched alkanes of at least 4 members (excludes halogenated alkanes) is 3. The number of thiophene rings is 2. The van der Waals surface area contributed by atoms with Crippen LogP contribution in [0.5, 0.6) is 0 Å². The van der Waals surface area contributed by atoms with Crippen LogP contribution in [0.4, 0.5) is 0 Å². The molecule has 0 aliphatic rings. The molecule has 0 saturated carbocycles. The Morgan fingerprint density at radius 3 is 1.35 bits per heavy atom. The van der Waals surface area contributed by atoms with Crippen molar-refractivity contribution in [3.8, 4) is 0 Å². The summed E-state index contributed by atoms with van der Waals surface area (Å²) in [6, 6.07) is 4.46. The minimum atomic E-state index is 1.18. The van der Waals surface area contributed by atoms with Gasteiger partial charge in [-0.25, -0.2) is 0 Å². The van der Waals surface area contributed by atoms with Crippen LogP contribution in [0.1, 0.15) is 36.8 Å². The van der Waals surface area contributed by atoms with Gasteiger partial charge in [0.25, 0.3) is 0 Å². The van der Waals surface area contributed by atoms with Crippen molar-refractivity contribution in [2.24, 2.45) is 0 Å². The molecule has 2 heterocycles. The number of rotatable bonds is 7. The van der Waals surface area contributed by atoms with Gasteiger partial charge in [-0.15, -0.1) is 22.7 Å². The van der Waals surface area contributed by atoms with E-state index in [0.29, 0.717) is 0 Å². The van der Waals surface area contributed by atoms with E-state index >= 15 is 0 Å². The van der Waals surface area contributed by atoms with Gasteiger partial charge in [-0.1, -0.05) is 12.8 Å². The third-order valence-electron chi connectivity index (χ3n) is 3.10. The second-order valence-corrected chi connectivity index (χ2v) is 12.1. The molecule has 20 heavy (non-hydrogen) atoms. The van der Waals surface area contributed by atoms with E-state index in [1.54, 1.807) is 22.7 Å². The minimum absolute atomic E-state index is 1.18. The molecule has 2 rings (SSSR count). The summed E-state index contributed by atoms with van der Waals surface area (Å²) in [7, 11) is 0. The molecule has 0 bridgehead atoms. The van der Waals surface area contributed by atoms with E-state index < -0.39 is 0 Å². The number of halogens is 4. The van der Waals surface area contributed by atoms with E-state index in [0.717, 1.165) is 0 Å². The third kappa shape index (κ3) is 5.51. The zero-order chi connectivity index (χ0) is 14.5. The Labute approximate surface area is 161 Å². The lowest BCUT2D eigenvalue weighted by molar-refractivity contribution is 0.640. The molecule has 0 atom stereocenters. The molecule has 0 saturated heterocycles. The van der Waals surface area contributed by atoms with Gasteiger partial charge in [-0.3, -0.25) is 0 Å². The van der Waals surface area contributed by atoms with Crippen molar-refractivity contribution in [3.63, 3.8) is 0 Å². The Hall–Kier alpha value is 1.32. The van der Waals surface area contributed by atoms with Crippen LogP contribution in [0.15, 0.2) is 27.3 Å². The molecule has 2 aromatic heterocycles. The quantitative estimate of drug-likeness (QED) is 0.297. The maximum atomic E-state index is 3.62. The van der Waals surface area contributed by atoms with E-state index in [2.05, 4.69) is 75.9 Å². The van der Waals surface area contributed by atoms with Gasteiger partial charge in [0.15, 0.2) is 0 Å². The zero-order valence-electron chi connectivity index (χ0n) is 10.7. The van der Waals surface area contributed by atoms with Crippen molar-refractivity contribution in [1.82, 2.24) is 0 Å². The standard InChI is InChI=1S/C14H14Br4S2/c15-11-7-9(13(17)19-11)5-3-1-2-4-6-10-8-12(16)20-14(10)18/h7-8H,1-6H2. The average Bonchev–Trinajstić information content (AvgIpc) is 2.86. The van der Waals surface area contributed by atoms with Crippen LogP contribution in [-0.4, -0.2) is 0 Å². The van der Waals surface area contributed by atoms with Crippen molar-refractivity contribution in [2.45, 2.75) is 38.5 Å². The molecule has 0 spiro atoms. The van der Waals surface area contributed by atoms with Crippen LogP contribution in [0.25, 0.3) is 0 Å². The summed E-state index contributed by atoms with van der Waals surface area (Å²) in [5.41, 5.74) is 2.87. The van der Waals surface area contributed by atoms with E-state index in [1.165, 1.54) is 64.8 Å². The molecule has 0 aliphatic heterocycles. The van der Waals surface area contributed by atoms with E-state index in [9.17, 15) is 0 Å². The topological polar surface area (TPSA) is 0 Å². The molecule has 0 fully saturated rings. The van der Waals surface area contributed by atoms with Gasteiger partial charge in [0.1, 0.15) is 0 Å². The first-order valence-electron chi connectivity index (χ1n) is 6.43. The van der Waals surface area contributed by atoms with Gasteiger partial charge < -0.3 is 0 Å². The molecule has 110 valence electrons. The van der Waals surface area contributed by atoms with Crippen LogP contribution >= 0.6 is 86.4 Å². The molecular formula is C14H14Br4S2. The highest BCUT2D eigenvalue weighted by molar-refractivity contribution is 9.12. The van der Waals surface area contributed by atoms with Gasteiger partial charge >= 0.3 is 0 Å². The molecule has 6 heteroatoms. The second kappa shape index (κ2) is 8.82. The minimum Gasteiger partial charge on any atom is -0.121 e. The Bertz CT molecular complexity index is 509. The summed E-state index contributed by atoms with van der Waals surface area (Å²) in [4.78, 5) is 0. The Kier molecular flexibility index (Phi) is 7.80. The molecule has 0 aromatic carbocycles. The Morgan fingerprint density at radius 2 is 1.05 bits per heavy atom. The monoisotopic (exact) mass is 562 g/mol. The van der Waals surface area contributed by atoms with E-state index in [-0.39, 0.29) is 0 Å². The molecule has 0 unspecified atom stereocenters. The summed E-state index contributed by atoms with van der Waals surface area (Å²) in [5.74, 6) is 0. The predicted octanol–water partition coefficient (Wildman–Crippen LogP) is 8.21. The lowest BCUT2D eigenvalue weighted by atomic mass is 10.1. The number of hydrogen-bond acceptors (Lipinski definition) is 2. The maximum Gasteiger partial charge on any atom is 0.0742 e. The van der Waals surface area contributed by atoms with E-state index in [4.69, 9.17) is 0 Å². The molecule has 0 N–H and O–H groups in total. The molecule has 2 aromatic rings. The highest BCUT2D eigenvalue weighted by Crippen LogP contribution is 2.34. The molecular weight excluding hydrogens is 552 g/mol. The van der Waals surface area contributed by atoms with Crippen LogP contribution in [0.3, 0.4) is 0 Å². The summed E-state index contributed by atoms with van der Waals surface area (Å²) in [6.45, 7) is 0. The predicted molar refractivity (Wildman–Crippen MR) is 105 cm³/mol. The van der Waals surface area contributed by atoms with Gasteiger partial charge in [0, 0.05) is 0 Å². The maximum absolute atomic E-state index is 3.62. The van der Waals surface area contributed by atoms with Gasteiger partial charge in [-0.2, -0.15) is 0 Å². The van der Waals surface area contributed by atoms with Crippen molar-refractivity contribution >= 4 is 86.4 Å².